The van der Waals surface area contributed by atoms with E-state index in [-0.39, 0.29) is 5.91 Å². The van der Waals surface area contributed by atoms with E-state index in [1.165, 1.54) is 0 Å². The van der Waals surface area contributed by atoms with Gasteiger partial charge >= 0.3 is 0 Å². The van der Waals surface area contributed by atoms with Gasteiger partial charge in [0.25, 0.3) is 5.91 Å². The Morgan fingerprint density at radius 3 is 3.00 bits per heavy atom. The fourth-order valence-corrected chi connectivity index (χ4v) is 3.23. The Labute approximate surface area is 155 Å². The Kier molecular flexibility index (Phi) is 4.59. The predicted molar refractivity (Wildman–Crippen MR) is 95.3 cm³/mol. The highest BCUT2D eigenvalue weighted by atomic mass is 16.5. The number of amides is 1. The molecular weight excluding hydrogens is 348 g/mol. The van der Waals surface area contributed by atoms with Gasteiger partial charge in [0, 0.05) is 43.3 Å². The summed E-state index contributed by atoms with van der Waals surface area (Å²) in [5, 5.41) is 17.4. The van der Waals surface area contributed by atoms with Crippen molar-refractivity contribution in [2.24, 2.45) is 0 Å². The summed E-state index contributed by atoms with van der Waals surface area (Å²) in [7, 11) is 1.58. The maximum atomic E-state index is 13.0. The van der Waals surface area contributed by atoms with E-state index in [0.717, 1.165) is 29.8 Å². The standard InChI is InChI=1S/C18H20N6O3/c1-10-20-17(24-27-10)15(11-5-3-4-6-14(11)26-2)21-18(25)16-12-9-19-8-7-13(12)22-23-16/h3-6,15,19H,7-9H2,1-2H3,(H,21,25)(H,22,23). The second kappa shape index (κ2) is 7.20. The van der Waals surface area contributed by atoms with Crippen LogP contribution < -0.4 is 15.4 Å². The Bertz CT molecular complexity index is 964. The van der Waals surface area contributed by atoms with E-state index >= 15 is 0 Å². The molecule has 1 aromatic carbocycles. The highest BCUT2D eigenvalue weighted by molar-refractivity contribution is 5.94. The van der Waals surface area contributed by atoms with Gasteiger partial charge in [0.1, 0.15) is 11.8 Å². The van der Waals surface area contributed by atoms with Gasteiger partial charge in [-0.1, -0.05) is 23.4 Å². The first kappa shape index (κ1) is 17.2. The van der Waals surface area contributed by atoms with Crippen LogP contribution in [0, 0.1) is 6.92 Å². The van der Waals surface area contributed by atoms with E-state index in [1.54, 1.807) is 14.0 Å². The highest BCUT2D eigenvalue weighted by Crippen LogP contribution is 2.29. The smallest absolute Gasteiger partial charge is 0.272 e. The van der Waals surface area contributed by atoms with E-state index in [9.17, 15) is 4.79 Å². The molecule has 140 valence electrons. The summed E-state index contributed by atoms with van der Waals surface area (Å²) in [5.74, 6) is 1.08. The molecule has 0 radical (unpaired) electrons. The molecule has 27 heavy (non-hydrogen) atoms. The third kappa shape index (κ3) is 3.28. The van der Waals surface area contributed by atoms with E-state index in [4.69, 9.17) is 9.26 Å². The zero-order chi connectivity index (χ0) is 18.8. The van der Waals surface area contributed by atoms with Gasteiger partial charge in [-0.2, -0.15) is 10.1 Å². The SMILES string of the molecule is COc1ccccc1C(NC(=O)c1n[nH]c2c1CNCC2)c1noc(C)n1. The molecule has 9 heteroatoms. The van der Waals surface area contributed by atoms with Crippen molar-refractivity contribution in [1.29, 1.82) is 0 Å². The van der Waals surface area contributed by atoms with Crippen molar-refractivity contribution in [2.45, 2.75) is 25.9 Å². The number of hydrogen-bond acceptors (Lipinski definition) is 7. The number of rotatable bonds is 5. The average molecular weight is 368 g/mol. The molecule has 0 aliphatic carbocycles. The molecule has 0 bridgehead atoms. The summed E-state index contributed by atoms with van der Waals surface area (Å²) in [6.07, 6.45) is 0.815. The van der Waals surface area contributed by atoms with Crippen LogP contribution in [0.15, 0.2) is 28.8 Å². The number of benzene rings is 1. The molecule has 2 aromatic heterocycles. The molecule has 1 atom stereocenters. The molecule has 0 spiro atoms. The highest BCUT2D eigenvalue weighted by Gasteiger charge is 2.28. The number of H-pyrrole nitrogens is 1. The lowest BCUT2D eigenvalue weighted by atomic mass is 10.0. The number of nitrogens with one attached hydrogen (secondary N) is 3. The van der Waals surface area contributed by atoms with Gasteiger partial charge in [-0.05, 0) is 6.07 Å². The van der Waals surface area contributed by atoms with Gasteiger partial charge in [-0.3, -0.25) is 9.89 Å². The fourth-order valence-electron chi connectivity index (χ4n) is 3.23. The molecule has 1 aliphatic heterocycles. The Balaban J connectivity index is 1.69. The van der Waals surface area contributed by atoms with Gasteiger partial charge in [0.05, 0.1) is 7.11 Å². The Morgan fingerprint density at radius 2 is 2.22 bits per heavy atom. The van der Waals surface area contributed by atoms with E-state index < -0.39 is 6.04 Å². The van der Waals surface area contributed by atoms with Crippen molar-refractivity contribution >= 4 is 5.91 Å². The van der Waals surface area contributed by atoms with Crippen LogP contribution in [0.5, 0.6) is 5.75 Å². The zero-order valence-electron chi connectivity index (χ0n) is 15.1. The van der Waals surface area contributed by atoms with Crippen LogP contribution in [0.3, 0.4) is 0 Å². The molecule has 1 unspecified atom stereocenters. The topological polar surface area (TPSA) is 118 Å². The lowest BCUT2D eigenvalue weighted by Gasteiger charge is -2.19. The van der Waals surface area contributed by atoms with Crippen LogP contribution in [-0.2, 0) is 13.0 Å². The van der Waals surface area contributed by atoms with E-state index in [0.29, 0.717) is 29.7 Å². The van der Waals surface area contributed by atoms with E-state index in [1.807, 2.05) is 24.3 Å². The zero-order valence-corrected chi connectivity index (χ0v) is 15.1. The second-order valence-electron chi connectivity index (χ2n) is 6.28. The maximum absolute atomic E-state index is 13.0. The van der Waals surface area contributed by atoms with Gasteiger partial charge in [-0.15, -0.1) is 0 Å². The minimum atomic E-state index is -0.630. The minimum Gasteiger partial charge on any atom is -0.496 e. The number of ether oxygens (including phenoxy) is 1. The number of aryl methyl sites for hydroxylation is 1. The number of carbonyl (C=O) groups is 1. The summed E-state index contributed by atoms with van der Waals surface area (Å²) in [5.41, 5.74) is 2.99. The fraction of sp³-hybridized carbons (Fsp3) is 0.333. The number of aromatic nitrogens is 4. The lowest BCUT2D eigenvalue weighted by molar-refractivity contribution is 0.0934. The van der Waals surface area contributed by atoms with Crippen molar-refractivity contribution in [2.75, 3.05) is 13.7 Å². The van der Waals surface area contributed by atoms with Crippen LogP contribution in [0.1, 0.15) is 45.1 Å². The summed E-state index contributed by atoms with van der Waals surface area (Å²) >= 11 is 0. The van der Waals surface area contributed by atoms with Gasteiger partial charge in [0.15, 0.2) is 11.5 Å². The summed E-state index contributed by atoms with van der Waals surface area (Å²) in [6, 6.07) is 6.77. The third-order valence-corrected chi connectivity index (χ3v) is 4.55. The minimum absolute atomic E-state index is 0.311. The number of nitrogens with zero attached hydrogens (tertiary/aromatic N) is 3. The molecule has 3 N–H and O–H groups in total. The summed E-state index contributed by atoms with van der Waals surface area (Å²) in [4.78, 5) is 17.3. The van der Waals surface area contributed by atoms with Crippen LogP contribution in [-0.4, -0.2) is 39.9 Å². The lowest BCUT2D eigenvalue weighted by Crippen LogP contribution is -2.32. The molecule has 1 aliphatic rings. The molecule has 0 fully saturated rings. The number of para-hydroxylation sites is 1. The van der Waals surface area contributed by atoms with Crippen molar-refractivity contribution < 1.29 is 14.1 Å². The average Bonchev–Trinajstić information content (AvgIpc) is 3.32. The first-order valence-electron chi connectivity index (χ1n) is 8.68. The third-order valence-electron chi connectivity index (χ3n) is 4.55. The summed E-state index contributed by atoms with van der Waals surface area (Å²) < 4.78 is 10.6. The van der Waals surface area contributed by atoms with Crippen LogP contribution in [0.25, 0.3) is 0 Å². The van der Waals surface area contributed by atoms with Crippen LogP contribution >= 0.6 is 0 Å². The molecule has 1 amide bonds. The number of methoxy groups -OCH3 is 1. The second-order valence-corrected chi connectivity index (χ2v) is 6.28. The molecule has 9 nitrogen and oxygen atoms in total. The molecule has 0 saturated carbocycles. The van der Waals surface area contributed by atoms with Gasteiger partial charge in [-0.25, -0.2) is 0 Å². The van der Waals surface area contributed by atoms with Crippen molar-refractivity contribution in [3.63, 3.8) is 0 Å². The normalized spacial score (nSPS) is 14.4. The molecule has 3 aromatic rings. The van der Waals surface area contributed by atoms with Crippen LogP contribution in [0.4, 0.5) is 0 Å². The number of hydrogen-bond donors (Lipinski definition) is 3. The number of fused-ring (bicyclic) bond motifs is 1. The molecule has 4 rings (SSSR count). The van der Waals surface area contributed by atoms with Gasteiger partial charge < -0.3 is 19.9 Å². The first-order chi connectivity index (χ1) is 13.2. The molecule has 0 saturated heterocycles. The Hall–Kier alpha value is -3.20. The predicted octanol–water partition coefficient (Wildman–Crippen LogP) is 1.27. The molecule has 3 heterocycles. The largest absolute Gasteiger partial charge is 0.496 e. The first-order valence-corrected chi connectivity index (χ1v) is 8.68. The Morgan fingerprint density at radius 1 is 1.37 bits per heavy atom. The quantitative estimate of drug-likeness (QED) is 0.621. The van der Waals surface area contributed by atoms with Gasteiger partial charge in [0.2, 0.25) is 5.89 Å². The summed E-state index contributed by atoms with van der Waals surface area (Å²) in [6.45, 7) is 3.17. The van der Waals surface area contributed by atoms with Crippen LogP contribution in [0.2, 0.25) is 0 Å². The van der Waals surface area contributed by atoms with Crippen molar-refractivity contribution in [1.82, 2.24) is 31.0 Å². The number of aromatic amines is 1. The van der Waals surface area contributed by atoms with Crippen molar-refractivity contribution in [3.05, 3.63) is 58.5 Å². The molecular formula is C18H20N6O3. The monoisotopic (exact) mass is 368 g/mol. The van der Waals surface area contributed by atoms with Crippen molar-refractivity contribution in [3.8, 4) is 5.75 Å². The number of carbonyl (C=O) groups excluding carboxylic acids is 1. The van der Waals surface area contributed by atoms with E-state index in [2.05, 4.69) is 31.0 Å². The maximum Gasteiger partial charge on any atom is 0.272 e.